The van der Waals surface area contributed by atoms with E-state index in [2.05, 4.69) is 9.71 Å². The molecule has 2 heterocycles. The molecule has 31 heavy (non-hydrogen) atoms. The molecule has 0 unspecified atom stereocenters. The van der Waals surface area contributed by atoms with Gasteiger partial charge in [-0.1, -0.05) is 18.2 Å². The molecule has 0 atom stereocenters. The van der Waals surface area contributed by atoms with Crippen molar-refractivity contribution in [1.29, 1.82) is 0 Å². The molecule has 10 heteroatoms. The number of hydrogen-bond donors (Lipinski definition) is 2. The van der Waals surface area contributed by atoms with Crippen LogP contribution in [0, 0.1) is 0 Å². The minimum absolute atomic E-state index is 0.0595. The fourth-order valence-corrected chi connectivity index (χ4v) is 6.70. The van der Waals surface area contributed by atoms with Crippen LogP contribution in [0.25, 0.3) is 10.9 Å². The molecule has 1 fully saturated rings. The molecule has 2 aromatic carbocycles. The number of aromatic nitrogens is 1. The van der Waals surface area contributed by atoms with Crippen molar-refractivity contribution in [2.75, 3.05) is 30.3 Å². The fourth-order valence-electron chi connectivity index (χ4n) is 3.85. The van der Waals surface area contributed by atoms with Crippen LogP contribution in [0.15, 0.2) is 53.6 Å². The molecule has 3 aromatic rings. The van der Waals surface area contributed by atoms with E-state index < -0.39 is 20.0 Å². The predicted molar refractivity (Wildman–Crippen MR) is 121 cm³/mol. The summed E-state index contributed by atoms with van der Waals surface area (Å²) in [6, 6.07) is 12.3. The zero-order valence-electron chi connectivity index (χ0n) is 17.2. The Labute approximate surface area is 182 Å². The van der Waals surface area contributed by atoms with Gasteiger partial charge in [-0.25, -0.2) is 21.6 Å². The molecule has 1 aliphatic heterocycles. The molecule has 0 radical (unpaired) electrons. The molecule has 1 aliphatic rings. The highest BCUT2D eigenvalue weighted by molar-refractivity contribution is 7.92. The summed E-state index contributed by atoms with van der Waals surface area (Å²) in [4.78, 5) is 3.10. The molecule has 0 aliphatic carbocycles. The van der Waals surface area contributed by atoms with E-state index >= 15 is 0 Å². The number of benzene rings is 2. The van der Waals surface area contributed by atoms with Gasteiger partial charge in [0, 0.05) is 30.2 Å². The molecule has 4 rings (SSSR count). The number of aromatic amines is 1. The van der Waals surface area contributed by atoms with Crippen LogP contribution < -0.4 is 13.8 Å². The van der Waals surface area contributed by atoms with E-state index in [0.29, 0.717) is 25.1 Å². The molecular weight excluding hydrogens is 438 g/mol. The number of anilines is 1. The maximum Gasteiger partial charge on any atom is 0.244 e. The van der Waals surface area contributed by atoms with E-state index in [0.717, 1.165) is 22.9 Å². The largest absolute Gasteiger partial charge is 0.495 e. The normalized spacial score (nSPS) is 16.5. The maximum atomic E-state index is 13.0. The third-order valence-electron chi connectivity index (χ3n) is 5.44. The van der Waals surface area contributed by atoms with Crippen molar-refractivity contribution < 1.29 is 21.6 Å². The first-order valence-electron chi connectivity index (χ1n) is 10.0. The smallest absolute Gasteiger partial charge is 0.244 e. The Bertz CT molecular complexity index is 1300. The van der Waals surface area contributed by atoms with Crippen LogP contribution in [0.5, 0.6) is 5.75 Å². The van der Waals surface area contributed by atoms with Gasteiger partial charge in [0.05, 0.1) is 18.6 Å². The zero-order chi connectivity index (χ0) is 22.1. The SMILES string of the molecule is COc1ccc(N2CCCCS2(=O)=O)cc1S(=O)(=O)NCCc1c[nH]c2ccccc12. The number of hydrogen-bond acceptors (Lipinski definition) is 5. The number of methoxy groups -OCH3 is 1. The van der Waals surface area contributed by atoms with Crippen LogP contribution in [-0.2, 0) is 26.5 Å². The van der Waals surface area contributed by atoms with E-state index in [-0.39, 0.29) is 22.9 Å². The Morgan fingerprint density at radius 3 is 2.74 bits per heavy atom. The Balaban J connectivity index is 1.56. The van der Waals surface area contributed by atoms with Gasteiger partial charge in [-0.2, -0.15) is 0 Å². The third-order valence-corrected chi connectivity index (χ3v) is 8.79. The van der Waals surface area contributed by atoms with Gasteiger partial charge < -0.3 is 9.72 Å². The van der Waals surface area contributed by atoms with Gasteiger partial charge in [0.1, 0.15) is 10.6 Å². The second kappa shape index (κ2) is 8.52. The third kappa shape index (κ3) is 4.41. The first kappa shape index (κ1) is 21.7. The molecule has 0 spiro atoms. The lowest BCUT2D eigenvalue weighted by Crippen LogP contribution is -2.38. The van der Waals surface area contributed by atoms with Gasteiger partial charge >= 0.3 is 0 Å². The summed E-state index contributed by atoms with van der Waals surface area (Å²) in [5.41, 5.74) is 2.34. The minimum Gasteiger partial charge on any atom is -0.495 e. The Hall–Kier alpha value is -2.56. The summed E-state index contributed by atoms with van der Waals surface area (Å²) in [6.45, 7) is 0.529. The van der Waals surface area contributed by atoms with E-state index in [9.17, 15) is 16.8 Å². The van der Waals surface area contributed by atoms with Crippen LogP contribution in [0.3, 0.4) is 0 Å². The van der Waals surface area contributed by atoms with Crippen LogP contribution >= 0.6 is 0 Å². The molecule has 8 nitrogen and oxygen atoms in total. The number of para-hydroxylation sites is 1. The highest BCUT2D eigenvalue weighted by Gasteiger charge is 2.28. The predicted octanol–water partition coefficient (Wildman–Crippen LogP) is 2.63. The molecule has 1 aromatic heterocycles. The van der Waals surface area contributed by atoms with Gasteiger partial charge in [-0.05, 0) is 49.1 Å². The maximum absolute atomic E-state index is 13.0. The first-order valence-corrected chi connectivity index (χ1v) is 13.1. The number of ether oxygens (including phenoxy) is 1. The molecule has 0 bridgehead atoms. The monoisotopic (exact) mass is 463 g/mol. The first-order chi connectivity index (χ1) is 14.8. The summed E-state index contributed by atoms with van der Waals surface area (Å²) in [6.07, 6.45) is 3.72. The van der Waals surface area contributed by atoms with Crippen molar-refractivity contribution >= 4 is 36.6 Å². The van der Waals surface area contributed by atoms with Gasteiger partial charge in [-0.15, -0.1) is 0 Å². The lowest BCUT2D eigenvalue weighted by atomic mass is 10.1. The summed E-state index contributed by atoms with van der Waals surface area (Å²) < 4.78 is 60.1. The van der Waals surface area contributed by atoms with Crippen LogP contribution in [0.2, 0.25) is 0 Å². The van der Waals surface area contributed by atoms with E-state index in [1.165, 1.54) is 23.5 Å². The zero-order valence-corrected chi connectivity index (χ0v) is 18.8. The number of sulfonamides is 2. The average Bonchev–Trinajstić information content (AvgIpc) is 3.16. The van der Waals surface area contributed by atoms with Gasteiger partial charge in [-0.3, -0.25) is 4.31 Å². The Morgan fingerprint density at radius 2 is 1.97 bits per heavy atom. The highest BCUT2D eigenvalue weighted by Crippen LogP contribution is 2.31. The average molecular weight is 464 g/mol. The van der Waals surface area contributed by atoms with E-state index in [1.54, 1.807) is 6.07 Å². The van der Waals surface area contributed by atoms with Crippen molar-refractivity contribution in [3.05, 3.63) is 54.2 Å². The van der Waals surface area contributed by atoms with Crippen molar-refractivity contribution in [3.8, 4) is 5.75 Å². The second-order valence-corrected chi connectivity index (χ2v) is 11.2. The van der Waals surface area contributed by atoms with Crippen LogP contribution in [0.1, 0.15) is 18.4 Å². The van der Waals surface area contributed by atoms with Crippen LogP contribution in [0.4, 0.5) is 5.69 Å². The molecule has 0 saturated carbocycles. The topological polar surface area (TPSA) is 109 Å². The van der Waals surface area contributed by atoms with E-state index in [4.69, 9.17) is 4.74 Å². The molecule has 1 saturated heterocycles. The van der Waals surface area contributed by atoms with Crippen molar-refractivity contribution in [1.82, 2.24) is 9.71 Å². The number of H-pyrrole nitrogens is 1. The number of fused-ring (bicyclic) bond motifs is 1. The summed E-state index contributed by atoms with van der Waals surface area (Å²) >= 11 is 0. The fraction of sp³-hybridized carbons (Fsp3) is 0.333. The van der Waals surface area contributed by atoms with Crippen molar-refractivity contribution in [2.24, 2.45) is 0 Å². The Morgan fingerprint density at radius 1 is 1.16 bits per heavy atom. The molecule has 0 amide bonds. The number of nitrogens with one attached hydrogen (secondary N) is 2. The highest BCUT2D eigenvalue weighted by atomic mass is 32.2. The summed E-state index contributed by atoms with van der Waals surface area (Å²) in [7, 11) is -5.98. The number of rotatable bonds is 7. The molecule has 2 N–H and O–H groups in total. The van der Waals surface area contributed by atoms with Gasteiger partial charge in [0.25, 0.3) is 0 Å². The van der Waals surface area contributed by atoms with Gasteiger partial charge in [0.15, 0.2) is 0 Å². The quantitative estimate of drug-likeness (QED) is 0.560. The van der Waals surface area contributed by atoms with Crippen molar-refractivity contribution in [2.45, 2.75) is 24.2 Å². The van der Waals surface area contributed by atoms with Crippen molar-refractivity contribution in [3.63, 3.8) is 0 Å². The second-order valence-electron chi connectivity index (χ2n) is 7.44. The Kier molecular flexibility index (Phi) is 5.96. The summed E-state index contributed by atoms with van der Waals surface area (Å²) in [5.74, 6) is 0.224. The standard InChI is InChI=1S/C21H25N3O5S2/c1-29-20-9-8-17(24-12-4-5-13-30(24,25)26)14-21(20)31(27,28)23-11-10-16-15-22-19-7-3-2-6-18(16)19/h2-3,6-9,14-15,22-23H,4-5,10-13H2,1H3. The molecular formula is C21H25N3O5S2. The lowest BCUT2D eigenvalue weighted by molar-refractivity contribution is 0.402. The number of nitrogens with zero attached hydrogens (tertiary/aromatic N) is 1. The van der Waals surface area contributed by atoms with Gasteiger partial charge in [0.2, 0.25) is 20.0 Å². The lowest BCUT2D eigenvalue weighted by Gasteiger charge is -2.28. The molecule has 166 valence electrons. The minimum atomic E-state index is -3.91. The summed E-state index contributed by atoms with van der Waals surface area (Å²) in [5, 5.41) is 1.05. The van der Waals surface area contributed by atoms with Crippen LogP contribution in [-0.4, -0.2) is 47.8 Å². The van der Waals surface area contributed by atoms with E-state index in [1.807, 2.05) is 30.5 Å².